The smallest absolute Gasteiger partial charge is 0.244 e. The number of nitrogens with zero attached hydrogens (tertiary/aromatic N) is 3. The zero-order valence-corrected chi connectivity index (χ0v) is 18.1. The summed E-state index contributed by atoms with van der Waals surface area (Å²) < 4.78 is 5.75. The molecule has 1 aliphatic rings. The third-order valence-corrected chi connectivity index (χ3v) is 5.47. The Labute approximate surface area is 189 Å². The molecule has 1 aliphatic heterocycles. The van der Waals surface area contributed by atoms with Gasteiger partial charge in [-0.3, -0.25) is 19.7 Å². The first-order valence-electron chi connectivity index (χ1n) is 11.0. The van der Waals surface area contributed by atoms with Crippen molar-refractivity contribution in [2.75, 3.05) is 13.1 Å². The number of piperidine rings is 1. The number of nitrogens with one attached hydrogen (secondary N) is 1. The van der Waals surface area contributed by atoms with E-state index in [1.807, 2.05) is 66.9 Å². The van der Waals surface area contributed by atoms with Crippen molar-refractivity contribution in [1.82, 2.24) is 20.2 Å². The predicted octanol–water partition coefficient (Wildman–Crippen LogP) is 3.85. The van der Waals surface area contributed by atoms with E-state index in [0.29, 0.717) is 6.61 Å². The lowest BCUT2D eigenvalue weighted by atomic mass is 10.0. The molecule has 1 fully saturated rings. The Balaban J connectivity index is 1.18. The second kappa shape index (κ2) is 11.2. The van der Waals surface area contributed by atoms with Gasteiger partial charge in [0.05, 0.1) is 11.4 Å². The van der Waals surface area contributed by atoms with Crippen molar-refractivity contribution in [2.45, 2.75) is 32.0 Å². The van der Waals surface area contributed by atoms with Crippen molar-refractivity contribution in [2.24, 2.45) is 0 Å². The fourth-order valence-corrected chi connectivity index (χ4v) is 3.69. The Morgan fingerprint density at radius 3 is 2.31 bits per heavy atom. The number of likely N-dealkylation sites (tertiary alicyclic amines) is 1. The first-order chi connectivity index (χ1) is 15.7. The molecule has 1 amide bonds. The number of pyridine rings is 2. The van der Waals surface area contributed by atoms with Gasteiger partial charge >= 0.3 is 0 Å². The summed E-state index contributed by atoms with van der Waals surface area (Å²) in [7, 11) is 0. The number of ether oxygens (including phenoxy) is 1. The van der Waals surface area contributed by atoms with Gasteiger partial charge in [0.15, 0.2) is 0 Å². The molecule has 4 rings (SSSR count). The summed E-state index contributed by atoms with van der Waals surface area (Å²) in [5, 5.41) is 3.12. The Morgan fingerprint density at radius 2 is 1.66 bits per heavy atom. The number of carbonyl (C=O) groups is 1. The lowest BCUT2D eigenvalue weighted by molar-refractivity contribution is -0.117. The molecule has 0 bridgehead atoms. The fourth-order valence-electron chi connectivity index (χ4n) is 3.69. The van der Waals surface area contributed by atoms with Crippen molar-refractivity contribution < 1.29 is 9.53 Å². The van der Waals surface area contributed by atoms with Gasteiger partial charge in [-0.2, -0.15) is 0 Å². The van der Waals surface area contributed by atoms with Crippen LogP contribution in [-0.4, -0.2) is 39.9 Å². The lowest BCUT2D eigenvalue weighted by Gasteiger charge is -2.31. The molecule has 0 radical (unpaired) electrons. The summed E-state index contributed by atoms with van der Waals surface area (Å²) in [6, 6.07) is 19.7. The summed E-state index contributed by atoms with van der Waals surface area (Å²) in [6.07, 6.45) is 8.92. The third kappa shape index (κ3) is 6.75. The molecule has 0 unspecified atom stereocenters. The molecule has 0 atom stereocenters. The minimum absolute atomic E-state index is 0.0522. The molecular formula is C26H28N4O2. The molecule has 0 saturated carbocycles. The van der Waals surface area contributed by atoms with E-state index in [1.165, 1.54) is 0 Å². The van der Waals surface area contributed by atoms with Crippen LogP contribution in [0.5, 0.6) is 5.75 Å². The molecule has 3 heterocycles. The Bertz CT molecular complexity index is 999. The summed E-state index contributed by atoms with van der Waals surface area (Å²) in [4.78, 5) is 23.4. The summed E-state index contributed by atoms with van der Waals surface area (Å²) >= 11 is 0. The maximum atomic E-state index is 12.3. The molecular weight excluding hydrogens is 400 g/mol. The number of hydrogen-bond donors (Lipinski definition) is 1. The Kier molecular flexibility index (Phi) is 7.60. The van der Waals surface area contributed by atoms with Crippen LogP contribution in [0.1, 0.15) is 29.8 Å². The fraction of sp³-hybridized carbons (Fsp3) is 0.269. The number of benzene rings is 1. The van der Waals surface area contributed by atoms with Crippen LogP contribution < -0.4 is 10.1 Å². The van der Waals surface area contributed by atoms with Crippen molar-refractivity contribution in [3.63, 3.8) is 0 Å². The van der Waals surface area contributed by atoms with Crippen molar-refractivity contribution in [3.05, 3.63) is 96.1 Å². The normalized spacial score (nSPS) is 15.0. The number of rotatable bonds is 8. The van der Waals surface area contributed by atoms with E-state index in [4.69, 9.17) is 4.74 Å². The molecule has 1 saturated heterocycles. The first kappa shape index (κ1) is 21.7. The molecule has 0 spiro atoms. The Morgan fingerprint density at radius 1 is 0.969 bits per heavy atom. The third-order valence-electron chi connectivity index (χ3n) is 5.47. The molecule has 1 aromatic carbocycles. The SMILES string of the molecule is O=C(C=Cc1ccc(OCc2ccccn2)cc1)NC1CCN(Cc2ccccn2)CC1. The van der Waals surface area contributed by atoms with E-state index < -0.39 is 0 Å². The number of aromatic nitrogens is 2. The molecule has 3 aromatic rings. The average molecular weight is 429 g/mol. The summed E-state index contributed by atoms with van der Waals surface area (Å²) in [5.41, 5.74) is 2.93. The molecule has 164 valence electrons. The van der Waals surface area contributed by atoms with E-state index >= 15 is 0 Å². The second-order valence-corrected chi connectivity index (χ2v) is 7.89. The molecule has 6 nitrogen and oxygen atoms in total. The first-order valence-corrected chi connectivity index (χ1v) is 11.0. The topological polar surface area (TPSA) is 67.3 Å². The standard InChI is InChI=1S/C26H28N4O2/c31-26(29-22-13-17-30(18-14-22)19-23-5-1-3-15-27-23)12-9-21-7-10-25(11-8-21)32-20-24-6-2-4-16-28-24/h1-12,15-16,22H,13-14,17-20H2,(H,29,31). The minimum Gasteiger partial charge on any atom is -0.487 e. The molecule has 1 N–H and O–H groups in total. The van der Waals surface area contributed by atoms with Gasteiger partial charge in [-0.15, -0.1) is 0 Å². The van der Waals surface area contributed by atoms with Gasteiger partial charge in [-0.25, -0.2) is 0 Å². The van der Waals surface area contributed by atoms with Gasteiger partial charge in [0.25, 0.3) is 0 Å². The maximum Gasteiger partial charge on any atom is 0.244 e. The highest BCUT2D eigenvalue weighted by Crippen LogP contribution is 2.15. The van der Waals surface area contributed by atoms with Crippen LogP contribution in [-0.2, 0) is 17.9 Å². The van der Waals surface area contributed by atoms with E-state index in [0.717, 1.165) is 55.2 Å². The maximum absolute atomic E-state index is 12.3. The van der Waals surface area contributed by atoms with Crippen LogP contribution in [0.4, 0.5) is 0 Å². The van der Waals surface area contributed by atoms with Gasteiger partial charge < -0.3 is 10.1 Å². The van der Waals surface area contributed by atoms with E-state index in [2.05, 4.69) is 26.3 Å². The van der Waals surface area contributed by atoms with Crippen LogP contribution >= 0.6 is 0 Å². The van der Waals surface area contributed by atoms with Crippen molar-refractivity contribution in [3.8, 4) is 5.75 Å². The highest BCUT2D eigenvalue weighted by Gasteiger charge is 2.20. The zero-order valence-electron chi connectivity index (χ0n) is 18.1. The highest BCUT2D eigenvalue weighted by molar-refractivity contribution is 5.91. The van der Waals surface area contributed by atoms with Crippen LogP contribution in [0.25, 0.3) is 6.08 Å². The second-order valence-electron chi connectivity index (χ2n) is 7.89. The van der Waals surface area contributed by atoms with E-state index in [1.54, 1.807) is 12.3 Å². The number of hydrogen-bond acceptors (Lipinski definition) is 5. The van der Waals surface area contributed by atoms with Gasteiger partial charge in [-0.1, -0.05) is 24.3 Å². The van der Waals surface area contributed by atoms with E-state index in [-0.39, 0.29) is 11.9 Å². The zero-order chi connectivity index (χ0) is 22.0. The van der Waals surface area contributed by atoms with Crippen molar-refractivity contribution >= 4 is 12.0 Å². The average Bonchev–Trinajstić information content (AvgIpc) is 2.85. The summed E-state index contributed by atoms with van der Waals surface area (Å²) in [6.45, 7) is 3.22. The minimum atomic E-state index is -0.0522. The van der Waals surface area contributed by atoms with Crippen LogP contribution in [0.15, 0.2) is 79.1 Å². The van der Waals surface area contributed by atoms with Crippen LogP contribution in [0.3, 0.4) is 0 Å². The van der Waals surface area contributed by atoms with Crippen molar-refractivity contribution in [1.29, 1.82) is 0 Å². The quantitative estimate of drug-likeness (QED) is 0.552. The largest absolute Gasteiger partial charge is 0.487 e. The van der Waals surface area contributed by atoms with Gasteiger partial charge in [-0.05, 0) is 60.9 Å². The van der Waals surface area contributed by atoms with Gasteiger partial charge in [0, 0.05) is 44.1 Å². The number of carbonyl (C=O) groups excluding carboxylic acids is 1. The molecule has 6 heteroatoms. The molecule has 0 aliphatic carbocycles. The summed E-state index contributed by atoms with van der Waals surface area (Å²) in [5.74, 6) is 0.721. The molecule has 2 aromatic heterocycles. The van der Waals surface area contributed by atoms with Gasteiger partial charge in [0.2, 0.25) is 5.91 Å². The van der Waals surface area contributed by atoms with Crippen LogP contribution in [0.2, 0.25) is 0 Å². The monoisotopic (exact) mass is 428 g/mol. The lowest BCUT2D eigenvalue weighted by Crippen LogP contribution is -2.43. The van der Waals surface area contributed by atoms with Crippen LogP contribution in [0, 0.1) is 0 Å². The Hall–Kier alpha value is -3.51. The number of amides is 1. The van der Waals surface area contributed by atoms with E-state index in [9.17, 15) is 4.79 Å². The molecule has 32 heavy (non-hydrogen) atoms. The highest BCUT2D eigenvalue weighted by atomic mass is 16.5. The predicted molar refractivity (Wildman–Crippen MR) is 125 cm³/mol. The van der Waals surface area contributed by atoms with Gasteiger partial charge in [0.1, 0.15) is 12.4 Å².